The van der Waals surface area contributed by atoms with Crippen molar-refractivity contribution in [2.45, 2.75) is 32.6 Å². The van der Waals surface area contributed by atoms with Gasteiger partial charge in [-0.15, -0.1) is 5.39 Å². The first-order valence-corrected chi connectivity index (χ1v) is 16.3. The monoisotopic (exact) mass is 815 g/mol. The Labute approximate surface area is 299 Å². The summed E-state index contributed by atoms with van der Waals surface area (Å²) in [4.78, 5) is 4.80. The number of fused-ring (bicyclic) bond motifs is 5. The molecule has 242 valence electrons. The molecule has 4 heterocycles. The van der Waals surface area contributed by atoms with E-state index in [1.54, 1.807) is 6.26 Å². The fourth-order valence-corrected chi connectivity index (χ4v) is 6.77. The maximum Gasteiger partial charge on any atom is 0.268 e. The standard InChI is InChI=1S/C43H32N4O.Pt/c1-43(2,3)32-24-30(25-34(27-32)46-28-45(33-11-5-4-6-12-33)38-15-9-10-16-39(38)46)23-29-17-18-36-35-13-7-8-14-37(35)47(40(36)26-29)42-41-31(19-21-44-42)20-22-48-41;/h4-22,24,27H,23H2,1-3H3;/q-2;. The van der Waals surface area contributed by atoms with Crippen molar-refractivity contribution in [3.8, 4) is 17.2 Å². The summed E-state index contributed by atoms with van der Waals surface area (Å²) in [5.74, 6) is 0.766. The molecule has 0 atom stereocenters. The number of pyridine rings is 1. The van der Waals surface area contributed by atoms with Crippen molar-refractivity contribution in [1.82, 2.24) is 14.1 Å². The fraction of sp³-hybridized carbons (Fsp3) is 0.116. The third kappa shape index (κ3) is 5.30. The second-order valence-corrected chi connectivity index (χ2v) is 13.4. The van der Waals surface area contributed by atoms with Gasteiger partial charge in [-0.2, -0.15) is 53.1 Å². The quantitative estimate of drug-likeness (QED) is 0.128. The van der Waals surface area contributed by atoms with Crippen LogP contribution in [0.4, 0.5) is 0 Å². The molecule has 0 radical (unpaired) electrons. The number of hydrogen-bond acceptors (Lipinski definition) is 2. The third-order valence-corrected chi connectivity index (χ3v) is 9.18. The van der Waals surface area contributed by atoms with Gasteiger partial charge in [-0.1, -0.05) is 87.0 Å². The zero-order valence-corrected chi connectivity index (χ0v) is 29.6. The van der Waals surface area contributed by atoms with E-state index in [0.29, 0.717) is 6.42 Å². The summed E-state index contributed by atoms with van der Waals surface area (Å²) in [5.41, 5.74) is 10.4. The van der Waals surface area contributed by atoms with E-state index in [4.69, 9.17) is 9.40 Å². The summed E-state index contributed by atoms with van der Waals surface area (Å²) in [6, 6.07) is 47.8. The molecule has 0 aliphatic carbocycles. The zero-order valence-electron chi connectivity index (χ0n) is 27.3. The predicted octanol–water partition coefficient (Wildman–Crippen LogP) is 9.43. The van der Waals surface area contributed by atoms with Crippen molar-refractivity contribution in [2.75, 3.05) is 0 Å². The van der Waals surface area contributed by atoms with E-state index in [9.17, 15) is 0 Å². The molecule has 0 saturated heterocycles. The van der Waals surface area contributed by atoms with Gasteiger partial charge in [-0.3, -0.25) is 4.57 Å². The Morgan fingerprint density at radius 1 is 0.755 bits per heavy atom. The number of hydrogen-bond donors (Lipinski definition) is 0. The van der Waals surface area contributed by atoms with Gasteiger partial charge in [-0.05, 0) is 53.2 Å². The van der Waals surface area contributed by atoms with Crippen LogP contribution in [0.15, 0.2) is 132 Å². The first kappa shape index (κ1) is 31.0. The number of aromatic nitrogens is 4. The van der Waals surface area contributed by atoms with Crippen molar-refractivity contribution in [3.63, 3.8) is 0 Å². The molecule has 0 spiro atoms. The number of rotatable bonds is 5. The Balaban J connectivity index is 0.00000348. The molecule has 5 aromatic carbocycles. The molecule has 0 N–H and O–H groups in total. The minimum Gasteiger partial charge on any atom is -0.460 e. The molecule has 49 heavy (non-hydrogen) atoms. The summed E-state index contributed by atoms with van der Waals surface area (Å²) in [6.07, 6.45) is 7.88. The molecule has 6 heteroatoms. The Morgan fingerprint density at radius 3 is 2.37 bits per heavy atom. The number of nitrogens with zero attached hydrogens (tertiary/aromatic N) is 4. The number of para-hydroxylation sites is 4. The second kappa shape index (κ2) is 12.0. The van der Waals surface area contributed by atoms with E-state index < -0.39 is 0 Å². The van der Waals surface area contributed by atoms with E-state index >= 15 is 0 Å². The summed E-state index contributed by atoms with van der Waals surface area (Å²) in [7, 11) is 0. The van der Waals surface area contributed by atoms with E-state index in [1.807, 2.05) is 24.4 Å². The molecule has 0 amide bonds. The normalized spacial score (nSPS) is 11.9. The first-order chi connectivity index (χ1) is 23.4. The Bertz CT molecular complexity index is 2640. The molecular formula is C43H32N4OPt-2. The summed E-state index contributed by atoms with van der Waals surface area (Å²) < 4.78 is 12.4. The van der Waals surface area contributed by atoms with Crippen molar-refractivity contribution in [2.24, 2.45) is 0 Å². The molecule has 4 aromatic heterocycles. The van der Waals surface area contributed by atoms with Gasteiger partial charge in [0.1, 0.15) is 0 Å². The first-order valence-electron chi connectivity index (χ1n) is 16.3. The SMILES string of the molecule is CC(C)(C)c1cc(Cc2[c-]c3c(cc2)c2ccccc2n3-c2nccc3ccoc23)[c-]c(-n2[c-][n+](-c3ccccc3)c3ccccc32)c1.[Pt]. The van der Waals surface area contributed by atoms with Gasteiger partial charge in [0.15, 0.2) is 11.4 Å². The minimum atomic E-state index is -0.0650. The maximum atomic E-state index is 5.95. The summed E-state index contributed by atoms with van der Waals surface area (Å²) >= 11 is 0. The zero-order chi connectivity index (χ0) is 32.4. The second-order valence-electron chi connectivity index (χ2n) is 13.4. The smallest absolute Gasteiger partial charge is 0.268 e. The van der Waals surface area contributed by atoms with Crippen molar-refractivity contribution in [1.29, 1.82) is 0 Å². The maximum absolute atomic E-state index is 5.95. The molecule has 0 saturated carbocycles. The molecule has 0 aliphatic rings. The van der Waals surface area contributed by atoms with Gasteiger partial charge in [0, 0.05) is 38.2 Å². The Hall–Kier alpha value is -5.25. The molecule has 5 nitrogen and oxygen atoms in total. The van der Waals surface area contributed by atoms with Gasteiger partial charge in [0.05, 0.1) is 23.0 Å². The molecule has 9 aromatic rings. The third-order valence-electron chi connectivity index (χ3n) is 9.18. The summed E-state index contributed by atoms with van der Waals surface area (Å²) in [6.45, 7) is 6.78. The van der Waals surface area contributed by atoms with Crippen LogP contribution in [0, 0.1) is 18.5 Å². The van der Waals surface area contributed by atoms with Gasteiger partial charge in [0.2, 0.25) is 0 Å². The van der Waals surface area contributed by atoms with Crippen LogP contribution in [0.2, 0.25) is 0 Å². The van der Waals surface area contributed by atoms with E-state index in [-0.39, 0.29) is 26.5 Å². The van der Waals surface area contributed by atoms with Crippen LogP contribution in [0.1, 0.15) is 37.5 Å². The van der Waals surface area contributed by atoms with Crippen molar-refractivity contribution in [3.05, 3.63) is 163 Å². The fourth-order valence-electron chi connectivity index (χ4n) is 6.77. The van der Waals surface area contributed by atoms with E-state index in [2.05, 4.69) is 150 Å². The summed E-state index contributed by atoms with van der Waals surface area (Å²) in [5, 5.41) is 3.31. The predicted molar refractivity (Wildman–Crippen MR) is 191 cm³/mol. The largest absolute Gasteiger partial charge is 0.460 e. The molecule has 9 rings (SSSR count). The van der Waals surface area contributed by atoms with E-state index in [1.165, 1.54) is 5.56 Å². The van der Waals surface area contributed by atoms with Crippen molar-refractivity contribution >= 4 is 43.8 Å². The van der Waals surface area contributed by atoms with E-state index in [0.717, 1.165) is 72.1 Å². The van der Waals surface area contributed by atoms with Crippen LogP contribution in [-0.2, 0) is 32.9 Å². The van der Waals surface area contributed by atoms with Crippen molar-refractivity contribution < 1.29 is 30.0 Å². The Morgan fingerprint density at radius 2 is 1.53 bits per heavy atom. The number of imidazole rings is 1. The van der Waals surface area contributed by atoms with Crippen LogP contribution >= 0.6 is 0 Å². The Kier molecular flexibility index (Phi) is 7.61. The average molecular weight is 816 g/mol. The molecule has 0 bridgehead atoms. The van der Waals surface area contributed by atoms with Gasteiger partial charge in [0.25, 0.3) is 6.33 Å². The van der Waals surface area contributed by atoms with Gasteiger partial charge < -0.3 is 13.6 Å². The van der Waals surface area contributed by atoms with Gasteiger partial charge >= 0.3 is 0 Å². The van der Waals surface area contributed by atoms with Gasteiger partial charge in [-0.25, -0.2) is 4.98 Å². The van der Waals surface area contributed by atoms with Crippen LogP contribution in [0.5, 0.6) is 0 Å². The number of benzene rings is 5. The number of furan rings is 1. The average Bonchev–Trinajstić information content (AvgIpc) is 3.82. The topological polar surface area (TPSA) is 39.8 Å². The van der Waals surface area contributed by atoms with Crippen LogP contribution in [0.25, 0.3) is 61.0 Å². The van der Waals surface area contributed by atoms with Crippen LogP contribution < -0.4 is 4.57 Å². The molecule has 0 unspecified atom stereocenters. The minimum absolute atomic E-state index is 0. The molecule has 0 aliphatic heterocycles. The van der Waals surface area contributed by atoms with Crippen LogP contribution in [-0.4, -0.2) is 14.1 Å². The van der Waals surface area contributed by atoms with Crippen LogP contribution in [0.3, 0.4) is 0 Å². The molecule has 0 fully saturated rings. The molecular weight excluding hydrogens is 784 g/mol.